The quantitative estimate of drug-likeness (QED) is 0.540. The van der Waals surface area contributed by atoms with Crippen molar-refractivity contribution in [3.63, 3.8) is 0 Å². The predicted molar refractivity (Wildman–Crippen MR) is 133 cm³/mol. The number of ether oxygens (including phenoxy) is 1. The van der Waals surface area contributed by atoms with Crippen molar-refractivity contribution in [2.45, 2.75) is 17.9 Å². The average molecular weight is 479 g/mol. The summed E-state index contributed by atoms with van der Waals surface area (Å²) in [4.78, 5) is 15.4. The highest BCUT2D eigenvalue weighted by Gasteiger charge is 2.39. The normalized spacial score (nSPS) is 18.1. The van der Waals surface area contributed by atoms with Crippen molar-refractivity contribution in [3.05, 3.63) is 89.5 Å². The second kappa shape index (κ2) is 9.68. The lowest BCUT2D eigenvalue weighted by atomic mass is 9.99. The molecule has 5 rings (SSSR count). The fraction of sp³-hybridized carbons (Fsp3) is 0.269. The third-order valence-electron chi connectivity index (χ3n) is 6.36. The highest BCUT2D eigenvalue weighted by Crippen LogP contribution is 2.26. The second-order valence-electron chi connectivity index (χ2n) is 8.50. The van der Waals surface area contributed by atoms with Crippen molar-refractivity contribution in [1.29, 1.82) is 0 Å². The summed E-state index contributed by atoms with van der Waals surface area (Å²) >= 11 is 0. The molecule has 3 aromatic rings. The number of nitrogens with zero attached hydrogens (tertiary/aromatic N) is 2. The van der Waals surface area contributed by atoms with Gasteiger partial charge in [0.25, 0.3) is 5.91 Å². The van der Waals surface area contributed by atoms with Gasteiger partial charge in [-0.3, -0.25) is 4.79 Å². The molecule has 1 saturated heterocycles. The first-order chi connectivity index (χ1) is 16.5. The molecule has 1 unspecified atom stereocenters. The van der Waals surface area contributed by atoms with Crippen molar-refractivity contribution in [2.75, 3.05) is 43.1 Å². The first-order valence-corrected chi connectivity index (χ1v) is 12.9. The standard InChI is InChI=1S/C26H27N3O4S/c30-26(27-23-7-11-25(12-8-23)34(31,32)29-15-17-33-18-16-29)21-5-9-24(10-6-21)28-14-13-20-3-1-2-4-22(20)19-28/h1-12H,13-19H2,(H-,27,30,31,32)/p+1. The van der Waals surface area contributed by atoms with E-state index in [1.165, 1.54) is 15.4 Å². The molecule has 0 saturated carbocycles. The van der Waals surface area contributed by atoms with Crippen LogP contribution in [-0.4, -0.2) is 47.6 Å². The van der Waals surface area contributed by atoms with E-state index in [0.717, 1.165) is 25.2 Å². The summed E-state index contributed by atoms with van der Waals surface area (Å²) in [7, 11) is -3.31. The van der Waals surface area contributed by atoms with Gasteiger partial charge in [-0.15, -0.1) is 0 Å². The first-order valence-electron chi connectivity index (χ1n) is 11.4. The van der Waals surface area contributed by atoms with Gasteiger partial charge in [0.05, 0.1) is 26.3 Å². The molecule has 0 bridgehead atoms. The van der Waals surface area contributed by atoms with Crippen molar-refractivity contribution >= 4 is 27.7 Å². The van der Waals surface area contributed by atoms with E-state index in [1.54, 1.807) is 24.3 Å². The van der Waals surface area contributed by atoms with Gasteiger partial charge in [0.15, 0.2) is 0 Å². The van der Waals surface area contributed by atoms with Crippen LogP contribution in [0.15, 0.2) is 77.7 Å². The minimum Gasteiger partial charge on any atom is -0.378 e. The number of carbonyl (C=O) groups excluding carboxylic acids is 1. The molecule has 1 amide bonds. The Balaban J connectivity index is 1.22. The zero-order valence-corrected chi connectivity index (χ0v) is 19.7. The second-order valence-corrected chi connectivity index (χ2v) is 10.5. The molecular formula is C26H28N3O4S+. The van der Waals surface area contributed by atoms with E-state index in [4.69, 9.17) is 4.74 Å². The Bertz CT molecular complexity index is 1210. The number of amides is 1. The Hall–Kier alpha value is -3.04. The third-order valence-corrected chi connectivity index (χ3v) is 8.32. The molecule has 2 aliphatic heterocycles. The molecule has 1 atom stereocenters. The van der Waals surface area contributed by atoms with E-state index in [1.807, 2.05) is 24.3 Å². The number of rotatable bonds is 5. The maximum absolute atomic E-state index is 12.9. The summed E-state index contributed by atoms with van der Waals surface area (Å²) in [6.45, 7) is 3.52. The zero-order valence-electron chi connectivity index (χ0n) is 18.9. The molecule has 3 aromatic carbocycles. The van der Waals surface area contributed by atoms with Crippen LogP contribution in [-0.2, 0) is 32.3 Å². The van der Waals surface area contributed by atoms with Crippen LogP contribution in [0.4, 0.5) is 11.4 Å². The van der Waals surface area contributed by atoms with Crippen LogP contribution < -0.4 is 10.2 Å². The zero-order chi connectivity index (χ0) is 23.5. The van der Waals surface area contributed by atoms with Gasteiger partial charge in [0.1, 0.15) is 0 Å². The lowest BCUT2D eigenvalue weighted by molar-refractivity contribution is 0.0700. The van der Waals surface area contributed by atoms with Crippen molar-refractivity contribution < 1.29 is 18.3 Å². The number of fused-ring (bicyclic) bond motifs is 1. The Morgan fingerprint density at radius 3 is 2.26 bits per heavy atom. The van der Waals surface area contributed by atoms with Gasteiger partial charge in [0, 0.05) is 42.2 Å². The summed E-state index contributed by atoms with van der Waals surface area (Å²) in [5.74, 6) is -0.221. The van der Waals surface area contributed by atoms with E-state index in [0.29, 0.717) is 42.4 Å². The number of anilines is 2. The SMILES string of the molecule is O=C(Nc1ccc([S+](=O)(O)N2CCOCC2)cc1)c1ccc(N2CCc3ccccc3C2)cc1. The molecule has 8 heteroatoms. The summed E-state index contributed by atoms with van der Waals surface area (Å²) in [6, 6.07) is 22.6. The summed E-state index contributed by atoms with van der Waals surface area (Å²) < 4.78 is 30.2. The number of morpholine rings is 1. The van der Waals surface area contributed by atoms with Crippen molar-refractivity contribution in [3.8, 4) is 0 Å². The number of carbonyl (C=O) groups is 1. The molecule has 34 heavy (non-hydrogen) atoms. The monoisotopic (exact) mass is 478 g/mol. The summed E-state index contributed by atoms with van der Waals surface area (Å²) in [5.41, 5.74) is 4.98. The smallest absolute Gasteiger partial charge is 0.325 e. The fourth-order valence-corrected chi connectivity index (χ4v) is 5.83. The maximum Gasteiger partial charge on any atom is 0.325 e. The van der Waals surface area contributed by atoms with Crippen LogP contribution >= 0.6 is 0 Å². The van der Waals surface area contributed by atoms with E-state index in [9.17, 15) is 13.6 Å². The molecular weight excluding hydrogens is 450 g/mol. The number of hydrogen-bond acceptors (Lipinski definition) is 4. The Kier molecular flexibility index (Phi) is 6.47. The van der Waals surface area contributed by atoms with Gasteiger partial charge >= 0.3 is 10.4 Å². The molecule has 0 radical (unpaired) electrons. The van der Waals surface area contributed by atoms with Crippen LogP contribution in [0, 0.1) is 0 Å². The average Bonchev–Trinajstić information content (AvgIpc) is 2.89. The predicted octanol–water partition coefficient (Wildman–Crippen LogP) is 4.08. The van der Waals surface area contributed by atoms with Gasteiger partial charge < -0.3 is 15.0 Å². The molecule has 1 fully saturated rings. The fourth-order valence-electron chi connectivity index (χ4n) is 4.40. The lowest BCUT2D eigenvalue weighted by Gasteiger charge is -2.30. The van der Waals surface area contributed by atoms with Gasteiger partial charge in [-0.1, -0.05) is 28.6 Å². The molecule has 2 aliphatic rings. The number of hydrogen-bond donors (Lipinski definition) is 2. The largest absolute Gasteiger partial charge is 0.378 e. The topological polar surface area (TPSA) is 82.1 Å². The third kappa shape index (κ3) is 4.76. The minimum absolute atomic E-state index is 0.221. The van der Waals surface area contributed by atoms with Crippen LogP contribution in [0.2, 0.25) is 0 Å². The highest BCUT2D eigenvalue weighted by molar-refractivity contribution is 7.95. The van der Waals surface area contributed by atoms with E-state index >= 15 is 0 Å². The lowest BCUT2D eigenvalue weighted by Crippen LogP contribution is -2.43. The van der Waals surface area contributed by atoms with Crippen LogP contribution in [0.25, 0.3) is 0 Å². The molecule has 0 aliphatic carbocycles. The highest BCUT2D eigenvalue weighted by atomic mass is 32.3. The summed E-state index contributed by atoms with van der Waals surface area (Å²) in [5, 5.41) is 2.87. The minimum atomic E-state index is -3.31. The van der Waals surface area contributed by atoms with Gasteiger partial charge in [0.2, 0.25) is 4.90 Å². The summed E-state index contributed by atoms with van der Waals surface area (Å²) in [6.07, 6.45) is 1.01. The molecule has 0 spiro atoms. The van der Waals surface area contributed by atoms with Crippen LogP contribution in [0.1, 0.15) is 21.5 Å². The first kappa shape index (κ1) is 22.7. The van der Waals surface area contributed by atoms with E-state index < -0.39 is 10.4 Å². The molecule has 176 valence electrons. The Labute approximate surface area is 200 Å². The van der Waals surface area contributed by atoms with Crippen LogP contribution in [0.3, 0.4) is 0 Å². The number of benzene rings is 3. The number of nitrogens with one attached hydrogen (secondary N) is 1. The van der Waals surface area contributed by atoms with Crippen LogP contribution in [0.5, 0.6) is 0 Å². The maximum atomic E-state index is 12.9. The molecule has 2 N–H and O–H groups in total. The van der Waals surface area contributed by atoms with Gasteiger partial charge in [-0.05, 0) is 58.2 Å². The van der Waals surface area contributed by atoms with Crippen molar-refractivity contribution in [2.24, 2.45) is 0 Å². The molecule has 2 heterocycles. The Morgan fingerprint density at radius 2 is 1.56 bits per heavy atom. The molecule has 7 nitrogen and oxygen atoms in total. The van der Waals surface area contributed by atoms with Crippen molar-refractivity contribution in [1.82, 2.24) is 4.31 Å². The van der Waals surface area contributed by atoms with Gasteiger partial charge in [-0.25, -0.2) is 0 Å². The Morgan fingerprint density at radius 1 is 0.882 bits per heavy atom. The molecule has 0 aromatic heterocycles. The van der Waals surface area contributed by atoms with Gasteiger partial charge in [-0.2, -0.15) is 4.55 Å². The van der Waals surface area contributed by atoms with E-state index in [-0.39, 0.29) is 5.91 Å². The van der Waals surface area contributed by atoms with E-state index in [2.05, 4.69) is 34.5 Å².